The molecule has 2 aromatic rings. The van der Waals surface area contributed by atoms with Crippen molar-refractivity contribution < 1.29 is 4.79 Å². The molecule has 1 N–H and O–H groups in total. The fraction of sp³-hybridized carbons (Fsp3) is 0.444. The highest BCUT2D eigenvalue weighted by Crippen LogP contribution is 2.25. The van der Waals surface area contributed by atoms with Crippen molar-refractivity contribution in [3.63, 3.8) is 0 Å². The summed E-state index contributed by atoms with van der Waals surface area (Å²) in [5.74, 6) is 0.135. The quantitative estimate of drug-likeness (QED) is 0.816. The average Bonchev–Trinajstić information content (AvgIpc) is 3.24. The molecule has 7 heteroatoms. The van der Waals surface area contributed by atoms with Crippen molar-refractivity contribution >= 4 is 42.1 Å². The van der Waals surface area contributed by atoms with Crippen molar-refractivity contribution in [3.8, 4) is 10.6 Å². The Bertz CT molecular complexity index is 686. The van der Waals surface area contributed by atoms with Crippen LogP contribution in [0.5, 0.6) is 0 Å². The number of aromatic nitrogens is 1. The van der Waals surface area contributed by atoms with Gasteiger partial charge in [0.1, 0.15) is 5.01 Å². The van der Waals surface area contributed by atoms with Gasteiger partial charge in [0.25, 0.3) is 5.91 Å². The van der Waals surface area contributed by atoms with Gasteiger partial charge in [-0.25, -0.2) is 4.98 Å². The van der Waals surface area contributed by atoms with E-state index in [2.05, 4.69) is 17.2 Å². The number of hydrogen-bond donors (Lipinski definition) is 1. The van der Waals surface area contributed by atoms with E-state index in [9.17, 15) is 4.79 Å². The monoisotopic (exact) mass is 401 g/mol. The fourth-order valence-corrected chi connectivity index (χ4v) is 3.83. The second kappa shape index (κ2) is 10.1. The van der Waals surface area contributed by atoms with Crippen LogP contribution in [0.2, 0.25) is 0 Å². The molecule has 3 rings (SSSR count). The smallest absolute Gasteiger partial charge is 0.254 e. The lowest BCUT2D eigenvalue weighted by Crippen LogP contribution is -2.42. The SMILES string of the molecule is CCCN(C(=O)c1cccc(-c2nc(C)cs2)c1)C1CCNC1.Cl.Cl. The molecule has 138 valence electrons. The third kappa shape index (κ3) is 5.17. The minimum Gasteiger partial charge on any atom is -0.334 e. The summed E-state index contributed by atoms with van der Waals surface area (Å²) in [5, 5.41) is 6.37. The van der Waals surface area contributed by atoms with Gasteiger partial charge in [0.2, 0.25) is 0 Å². The Hall–Kier alpha value is -1.14. The summed E-state index contributed by atoms with van der Waals surface area (Å²) in [7, 11) is 0. The molecule has 1 amide bonds. The molecule has 1 aromatic carbocycles. The normalized spacial score (nSPS) is 16.0. The van der Waals surface area contributed by atoms with E-state index in [4.69, 9.17) is 0 Å². The topological polar surface area (TPSA) is 45.2 Å². The van der Waals surface area contributed by atoms with Gasteiger partial charge in [-0.15, -0.1) is 36.2 Å². The molecule has 1 aromatic heterocycles. The second-order valence-electron chi connectivity index (χ2n) is 6.02. The minimum absolute atomic E-state index is 0. The Morgan fingerprint density at radius 2 is 2.20 bits per heavy atom. The van der Waals surface area contributed by atoms with E-state index in [1.165, 1.54) is 0 Å². The lowest BCUT2D eigenvalue weighted by atomic mass is 10.1. The zero-order chi connectivity index (χ0) is 16.2. The average molecular weight is 402 g/mol. The van der Waals surface area contributed by atoms with Gasteiger partial charge in [0, 0.05) is 41.3 Å². The van der Waals surface area contributed by atoms with Crippen molar-refractivity contribution in [1.29, 1.82) is 0 Å². The molecule has 0 spiro atoms. The van der Waals surface area contributed by atoms with E-state index in [1.54, 1.807) is 11.3 Å². The zero-order valence-electron chi connectivity index (χ0n) is 14.5. The largest absolute Gasteiger partial charge is 0.334 e. The van der Waals surface area contributed by atoms with Gasteiger partial charge >= 0.3 is 0 Å². The summed E-state index contributed by atoms with van der Waals surface area (Å²) in [6, 6.07) is 8.18. The molecular weight excluding hydrogens is 377 g/mol. The summed E-state index contributed by atoms with van der Waals surface area (Å²) in [6.07, 6.45) is 2.02. The fourth-order valence-electron chi connectivity index (χ4n) is 3.03. The van der Waals surface area contributed by atoms with Gasteiger partial charge in [-0.3, -0.25) is 4.79 Å². The summed E-state index contributed by atoms with van der Waals surface area (Å²) in [4.78, 5) is 19.5. The van der Waals surface area contributed by atoms with Crippen LogP contribution in [0, 0.1) is 6.92 Å². The van der Waals surface area contributed by atoms with Gasteiger partial charge in [0.05, 0.1) is 0 Å². The number of carbonyl (C=O) groups excluding carboxylic acids is 1. The number of carbonyl (C=O) groups is 1. The van der Waals surface area contributed by atoms with E-state index in [0.29, 0.717) is 6.04 Å². The molecule has 1 unspecified atom stereocenters. The first-order valence-corrected chi connectivity index (χ1v) is 9.11. The predicted molar refractivity (Wildman–Crippen MR) is 109 cm³/mol. The van der Waals surface area contributed by atoms with Crippen LogP contribution in [0.15, 0.2) is 29.6 Å². The maximum Gasteiger partial charge on any atom is 0.254 e. The third-order valence-electron chi connectivity index (χ3n) is 4.18. The number of halogens is 2. The summed E-state index contributed by atoms with van der Waals surface area (Å²) in [5.41, 5.74) is 2.80. The van der Waals surface area contributed by atoms with Gasteiger partial charge < -0.3 is 10.2 Å². The van der Waals surface area contributed by atoms with Crippen LogP contribution < -0.4 is 5.32 Å². The van der Waals surface area contributed by atoms with Crippen LogP contribution in [-0.4, -0.2) is 41.5 Å². The molecule has 1 aliphatic heterocycles. The van der Waals surface area contributed by atoms with Crippen LogP contribution in [-0.2, 0) is 0 Å². The number of nitrogens with one attached hydrogen (secondary N) is 1. The van der Waals surface area contributed by atoms with Gasteiger partial charge in [-0.2, -0.15) is 0 Å². The van der Waals surface area contributed by atoms with Gasteiger partial charge in [-0.1, -0.05) is 19.1 Å². The van der Waals surface area contributed by atoms with Crippen molar-refractivity contribution in [1.82, 2.24) is 15.2 Å². The summed E-state index contributed by atoms with van der Waals surface area (Å²) < 4.78 is 0. The molecule has 25 heavy (non-hydrogen) atoms. The number of thiazole rings is 1. The molecular formula is C18H25Cl2N3OS. The highest BCUT2D eigenvalue weighted by molar-refractivity contribution is 7.13. The molecule has 1 fully saturated rings. The zero-order valence-corrected chi connectivity index (χ0v) is 17.0. The van der Waals surface area contributed by atoms with Crippen molar-refractivity contribution in [3.05, 3.63) is 40.9 Å². The Kier molecular flexibility index (Phi) is 8.86. The molecule has 4 nitrogen and oxygen atoms in total. The number of hydrogen-bond acceptors (Lipinski definition) is 4. The van der Waals surface area contributed by atoms with E-state index in [-0.39, 0.29) is 30.7 Å². The predicted octanol–water partition coefficient (Wildman–Crippen LogP) is 4.18. The highest BCUT2D eigenvalue weighted by Gasteiger charge is 2.26. The maximum atomic E-state index is 13.0. The first-order chi connectivity index (χ1) is 11.2. The highest BCUT2D eigenvalue weighted by atomic mass is 35.5. The molecule has 0 bridgehead atoms. The Labute approximate surface area is 165 Å². The molecule has 1 atom stereocenters. The third-order valence-corrected chi connectivity index (χ3v) is 5.19. The van der Waals surface area contributed by atoms with Crippen LogP contribution in [0.1, 0.15) is 35.8 Å². The standard InChI is InChI=1S/C18H23N3OS.2ClH/c1-3-9-21(16-7-8-19-11-16)18(22)15-6-4-5-14(10-15)17-20-13(2)12-23-17;;/h4-6,10,12,16,19H,3,7-9,11H2,1-2H3;2*1H. The molecule has 1 saturated heterocycles. The van der Waals surface area contributed by atoms with Crippen molar-refractivity contribution in [2.75, 3.05) is 19.6 Å². The molecule has 0 saturated carbocycles. The maximum absolute atomic E-state index is 13.0. The summed E-state index contributed by atoms with van der Waals surface area (Å²) >= 11 is 1.62. The minimum atomic E-state index is 0. The molecule has 0 radical (unpaired) electrons. The van der Waals surface area contributed by atoms with Gasteiger partial charge in [-0.05, 0) is 38.4 Å². The Morgan fingerprint density at radius 1 is 1.40 bits per heavy atom. The van der Waals surface area contributed by atoms with Crippen LogP contribution in [0.3, 0.4) is 0 Å². The molecule has 2 heterocycles. The van der Waals surface area contributed by atoms with E-state index >= 15 is 0 Å². The second-order valence-corrected chi connectivity index (χ2v) is 6.88. The number of aryl methyl sites for hydroxylation is 1. The Morgan fingerprint density at radius 3 is 2.80 bits per heavy atom. The van der Waals surface area contributed by atoms with E-state index in [1.807, 2.05) is 41.5 Å². The number of amides is 1. The first kappa shape index (κ1) is 21.9. The lowest BCUT2D eigenvalue weighted by molar-refractivity contribution is 0.0692. The van der Waals surface area contributed by atoms with Crippen molar-refractivity contribution in [2.24, 2.45) is 0 Å². The van der Waals surface area contributed by atoms with Crippen LogP contribution >= 0.6 is 36.2 Å². The number of rotatable bonds is 5. The first-order valence-electron chi connectivity index (χ1n) is 8.23. The summed E-state index contributed by atoms with van der Waals surface area (Å²) in [6.45, 7) is 6.82. The van der Waals surface area contributed by atoms with E-state index < -0.39 is 0 Å². The number of nitrogens with zero attached hydrogens (tertiary/aromatic N) is 2. The molecule has 0 aliphatic carbocycles. The molecule has 1 aliphatic rings. The van der Waals surface area contributed by atoms with Crippen LogP contribution in [0.25, 0.3) is 10.6 Å². The van der Waals surface area contributed by atoms with Crippen LogP contribution in [0.4, 0.5) is 0 Å². The van der Waals surface area contributed by atoms with Gasteiger partial charge in [0.15, 0.2) is 0 Å². The lowest BCUT2D eigenvalue weighted by Gasteiger charge is -2.28. The van der Waals surface area contributed by atoms with E-state index in [0.717, 1.165) is 54.3 Å². The van der Waals surface area contributed by atoms with Crippen molar-refractivity contribution in [2.45, 2.75) is 32.7 Å². The Balaban J connectivity index is 0.00000156. The number of benzene rings is 1.